The largest absolute Gasteiger partial charge is 0.462 e. The molecular formula is C23H34FNO2. The van der Waals surface area contributed by atoms with E-state index in [1.54, 1.807) is 0 Å². The summed E-state index contributed by atoms with van der Waals surface area (Å²) in [6.07, 6.45) is 4.27. The second-order valence-corrected chi connectivity index (χ2v) is 9.12. The predicted octanol–water partition coefficient (Wildman–Crippen LogP) is 4.87. The first kappa shape index (κ1) is 20.3. The van der Waals surface area contributed by atoms with Crippen molar-refractivity contribution in [3.05, 3.63) is 35.6 Å². The summed E-state index contributed by atoms with van der Waals surface area (Å²) in [4.78, 5) is 15.4. The topological polar surface area (TPSA) is 29.5 Å². The van der Waals surface area contributed by atoms with Gasteiger partial charge in [-0.2, -0.15) is 0 Å². The Hall–Kier alpha value is -1.42. The van der Waals surface area contributed by atoms with Crippen LogP contribution in [0.4, 0.5) is 4.39 Å². The molecule has 0 radical (unpaired) electrons. The highest BCUT2D eigenvalue weighted by molar-refractivity contribution is 5.74. The standard InChI is InChI=1S/C23H34FNO2/c1-15(2)19-10-5-16(3)13-22(19)27-23(26)21-14-25(4)12-11-20(21)17-6-8-18(24)9-7-17/h6-9,15-16,19-22H,5,10-14H2,1-4H3/t16-,19+,20-,21+,22+/m1/s1. The van der Waals surface area contributed by atoms with Crippen molar-refractivity contribution in [2.45, 2.75) is 58.5 Å². The number of rotatable bonds is 4. The normalized spacial score (nSPS) is 32.4. The number of hydrogen-bond acceptors (Lipinski definition) is 3. The molecule has 5 atom stereocenters. The molecule has 0 N–H and O–H groups in total. The summed E-state index contributed by atoms with van der Waals surface area (Å²) in [7, 11) is 2.06. The maximum atomic E-state index is 13.3. The number of carbonyl (C=O) groups is 1. The molecule has 27 heavy (non-hydrogen) atoms. The maximum absolute atomic E-state index is 13.3. The fraction of sp³-hybridized carbons (Fsp3) is 0.696. The number of carbonyl (C=O) groups excluding carboxylic acids is 1. The number of hydrogen-bond donors (Lipinski definition) is 0. The molecule has 3 nitrogen and oxygen atoms in total. The van der Waals surface area contributed by atoms with Gasteiger partial charge in [0.25, 0.3) is 0 Å². The van der Waals surface area contributed by atoms with Crippen LogP contribution in [0.3, 0.4) is 0 Å². The second kappa shape index (κ2) is 8.72. The lowest BCUT2D eigenvalue weighted by atomic mass is 9.75. The highest BCUT2D eigenvalue weighted by Crippen LogP contribution is 2.38. The first-order chi connectivity index (χ1) is 12.8. The summed E-state index contributed by atoms with van der Waals surface area (Å²) in [6.45, 7) is 8.37. The minimum atomic E-state index is -0.234. The van der Waals surface area contributed by atoms with E-state index in [1.807, 2.05) is 12.1 Å². The SMILES string of the molecule is CC(C)[C@@H]1CC[C@@H](C)C[C@@H]1OC(=O)[C@H]1CN(C)CC[C@@H]1c1ccc(F)cc1. The molecule has 0 amide bonds. The van der Waals surface area contributed by atoms with Crippen LogP contribution in [0.2, 0.25) is 0 Å². The van der Waals surface area contributed by atoms with Crippen LogP contribution in [0, 0.1) is 29.5 Å². The van der Waals surface area contributed by atoms with Crippen molar-refractivity contribution in [2.75, 3.05) is 20.1 Å². The van der Waals surface area contributed by atoms with Crippen LogP contribution in [0.5, 0.6) is 0 Å². The fourth-order valence-electron chi connectivity index (χ4n) is 4.95. The average molecular weight is 376 g/mol. The Labute approximate surface area is 163 Å². The molecule has 1 heterocycles. The molecule has 4 heteroatoms. The van der Waals surface area contributed by atoms with Crippen LogP contribution in [0.15, 0.2) is 24.3 Å². The van der Waals surface area contributed by atoms with E-state index < -0.39 is 0 Å². The van der Waals surface area contributed by atoms with E-state index in [0.29, 0.717) is 24.3 Å². The summed E-state index contributed by atoms with van der Waals surface area (Å²) in [5, 5.41) is 0. The van der Waals surface area contributed by atoms with Crippen LogP contribution in [-0.4, -0.2) is 37.1 Å². The maximum Gasteiger partial charge on any atom is 0.311 e. The van der Waals surface area contributed by atoms with E-state index in [-0.39, 0.29) is 29.7 Å². The van der Waals surface area contributed by atoms with Gasteiger partial charge in [0.05, 0.1) is 5.92 Å². The number of piperidine rings is 1. The van der Waals surface area contributed by atoms with Gasteiger partial charge in [-0.15, -0.1) is 0 Å². The molecule has 1 aromatic rings. The molecule has 0 spiro atoms. The van der Waals surface area contributed by atoms with Crippen molar-refractivity contribution >= 4 is 5.97 Å². The van der Waals surface area contributed by atoms with Gasteiger partial charge in [-0.25, -0.2) is 4.39 Å². The van der Waals surface area contributed by atoms with Crippen LogP contribution in [0.25, 0.3) is 0 Å². The Balaban J connectivity index is 1.75. The van der Waals surface area contributed by atoms with E-state index in [4.69, 9.17) is 4.74 Å². The quantitative estimate of drug-likeness (QED) is 0.704. The molecule has 0 bridgehead atoms. The van der Waals surface area contributed by atoms with Crippen molar-refractivity contribution in [1.82, 2.24) is 4.90 Å². The Morgan fingerprint density at radius 3 is 2.56 bits per heavy atom. The molecule has 1 aliphatic carbocycles. The molecule has 150 valence electrons. The van der Waals surface area contributed by atoms with Gasteiger partial charge in [-0.3, -0.25) is 4.79 Å². The van der Waals surface area contributed by atoms with Gasteiger partial charge < -0.3 is 9.64 Å². The molecule has 1 saturated carbocycles. The zero-order chi connectivity index (χ0) is 19.6. The lowest BCUT2D eigenvalue weighted by molar-refractivity contribution is -0.163. The van der Waals surface area contributed by atoms with Crippen LogP contribution in [-0.2, 0) is 9.53 Å². The Kier molecular flexibility index (Phi) is 6.56. The summed E-state index contributed by atoms with van der Waals surface area (Å²) < 4.78 is 19.5. The van der Waals surface area contributed by atoms with Crippen molar-refractivity contribution in [1.29, 1.82) is 0 Å². The molecule has 2 fully saturated rings. The summed E-state index contributed by atoms with van der Waals surface area (Å²) in [6, 6.07) is 6.64. The summed E-state index contributed by atoms with van der Waals surface area (Å²) in [5.74, 6) is 1.21. The third-order valence-corrected chi connectivity index (χ3v) is 6.65. The average Bonchev–Trinajstić information content (AvgIpc) is 2.62. The summed E-state index contributed by atoms with van der Waals surface area (Å²) >= 11 is 0. The third-order valence-electron chi connectivity index (χ3n) is 6.65. The lowest BCUT2D eigenvalue weighted by Crippen LogP contribution is -2.44. The van der Waals surface area contributed by atoms with Crippen molar-refractivity contribution in [2.24, 2.45) is 23.7 Å². The highest BCUT2D eigenvalue weighted by atomic mass is 19.1. The first-order valence-electron chi connectivity index (χ1n) is 10.5. The van der Waals surface area contributed by atoms with Crippen LogP contribution in [0.1, 0.15) is 57.9 Å². The number of benzene rings is 1. The number of ether oxygens (including phenoxy) is 1. The fourth-order valence-corrected chi connectivity index (χ4v) is 4.95. The Morgan fingerprint density at radius 1 is 1.19 bits per heavy atom. The molecule has 1 aromatic carbocycles. The first-order valence-corrected chi connectivity index (χ1v) is 10.5. The predicted molar refractivity (Wildman–Crippen MR) is 106 cm³/mol. The number of likely N-dealkylation sites (tertiary alicyclic amines) is 1. The molecule has 0 unspecified atom stereocenters. The molecule has 2 aliphatic rings. The van der Waals surface area contributed by atoms with Gasteiger partial charge in [0.1, 0.15) is 11.9 Å². The van der Waals surface area contributed by atoms with Gasteiger partial charge >= 0.3 is 5.97 Å². The smallest absolute Gasteiger partial charge is 0.311 e. The van der Waals surface area contributed by atoms with Gasteiger partial charge in [0.2, 0.25) is 0 Å². The van der Waals surface area contributed by atoms with E-state index in [2.05, 4.69) is 32.7 Å². The van der Waals surface area contributed by atoms with E-state index >= 15 is 0 Å². The Morgan fingerprint density at radius 2 is 1.89 bits per heavy atom. The molecule has 1 aliphatic heterocycles. The minimum Gasteiger partial charge on any atom is -0.462 e. The number of nitrogens with zero attached hydrogens (tertiary/aromatic N) is 1. The van der Waals surface area contributed by atoms with Crippen molar-refractivity contribution in [3.8, 4) is 0 Å². The van der Waals surface area contributed by atoms with Crippen molar-refractivity contribution in [3.63, 3.8) is 0 Å². The Bertz CT molecular complexity index is 630. The summed E-state index contributed by atoms with van der Waals surface area (Å²) in [5.41, 5.74) is 1.05. The zero-order valence-corrected chi connectivity index (χ0v) is 17.2. The van der Waals surface area contributed by atoms with Crippen molar-refractivity contribution < 1.29 is 13.9 Å². The van der Waals surface area contributed by atoms with Gasteiger partial charge in [0.15, 0.2) is 0 Å². The molecular weight excluding hydrogens is 341 g/mol. The highest BCUT2D eigenvalue weighted by Gasteiger charge is 2.39. The zero-order valence-electron chi connectivity index (χ0n) is 17.2. The molecule has 1 saturated heterocycles. The third kappa shape index (κ3) is 4.90. The number of esters is 1. The molecule has 3 rings (SSSR count). The van der Waals surface area contributed by atoms with E-state index in [9.17, 15) is 9.18 Å². The lowest BCUT2D eigenvalue weighted by Gasteiger charge is -2.40. The molecule has 0 aromatic heterocycles. The van der Waals surface area contributed by atoms with Gasteiger partial charge in [-0.1, -0.05) is 39.3 Å². The van der Waals surface area contributed by atoms with Gasteiger partial charge in [-0.05, 0) is 74.2 Å². The minimum absolute atomic E-state index is 0.0300. The second-order valence-electron chi connectivity index (χ2n) is 9.12. The van der Waals surface area contributed by atoms with E-state index in [0.717, 1.165) is 31.4 Å². The van der Waals surface area contributed by atoms with Crippen LogP contribution < -0.4 is 0 Å². The van der Waals surface area contributed by atoms with Gasteiger partial charge in [0, 0.05) is 6.54 Å². The monoisotopic (exact) mass is 375 g/mol. The van der Waals surface area contributed by atoms with E-state index in [1.165, 1.54) is 18.6 Å². The number of halogens is 1. The van der Waals surface area contributed by atoms with Crippen LogP contribution >= 0.6 is 0 Å².